The van der Waals surface area contributed by atoms with Gasteiger partial charge >= 0.3 is 0 Å². The van der Waals surface area contributed by atoms with Crippen LogP contribution in [0.2, 0.25) is 0 Å². The van der Waals surface area contributed by atoms with Gasteiger partial charge in [0.25, 0.3) is 0 Å². The van der Waals surface area contributed by atoms with Crippen molar-refractivity contribution in [3.8, 4) is 5.75 Å². The Bertz CT molecular complexity index is 870. The van der Waals surface area contributed by atoms with Gasteiger partial charge in [-0.2, -0.15) is 0 Å². The molecular weight excluding hydrogens is 319 g/mol. The van der Waals surface area contributed by atoms with E-state index in [4.69, 9.17) is 4.74 Å². The van der Waals surface area contributed by atoms with E-state index >= 15 is 0 Å². The lowest BCUT2D eigenvalue weighted by molar-refractivity contribution is 0.410. The number of hydrogen-bond donors (Lipinski definition) is 2. The number of halogens is 1. The molecule has 2 N–H and O–H groups in total. The highest BCUT2D eigenvalue weighted by molar-refractivity contribution is 5.59. The van der Waals surface area contributed by atoms with Gasteiger partial charge in [-0.25, -0.2) is 14.4 Å². The Morgan fingerprint density at radius 1 is 1.00 bits per heavy atom. The van der Waals surface area contributed by atoms with E-state index in [-0.39, 0.29) is 5.82 Å². The number of hydrogen-bond acceptors (Lipinski definition) is 5. The number of methoxy groups -OCH3 is 1. The first kappa shape index (κ1) is 16.7. The summed E-state index contributed by atoms with van der Waals surface area (Å²) in [5.41, 5.74) is 1.66. The molecule has 0 fully saturated rings. The monoisotopic (exact) mass is 338 g/mol. The summed E-state index contributed by atoms with van der Waals surface area (Å²) in [7, 11) is 1.65. The minimum absolute atomic E-state index is 0.301. The zero-order chi connectivity index (χ0) is 17.6. The number of aryl methyl sites for hydroxylation is 1. The molecule has 0 bridgehead atoms. The number of nitrogens with one attached hydrogen (secondary N) is 2. The molecule has 2 aromatic carbocycles. The van der Waals surface area contributed by atoms with Gasteiger partial charge in [0.05, 0.1) is 7.11 Å². The molecule has 0 radical (unpaired) electrons. The van der Waals surface area contributed by atoms with Gasteiger partial charge < -0.3 is 15.4 Å². The van der Waals surface area contributed by atoms with Gasteiger partial charge in [0.1, 0.15) is 29.0 Å². The number of aromatic nitrogens is 2. The van der Waals surface area contributed by atoms with Crippen LogP contribution in [0, 0.1) is 12.7 Å². The van der Waals surface area contributed by atoms with Crippen molar-refractivity contribution >= 4 is 17.3 Å². The first-order chi connectivity index (χ1) is 12.1. The number of rotatable bonds is 6. The van der Waals surface area contributed by atoms with Crippen molar-refractivity contribution in [1.82, 2.24) is 9.97 Å². The summed E-state index contributed by atoms with van der Waals surface area (Å²) >= 11 is 0. The topological polar surface area (TPSA) is 59.1 Å². The molecule has 0 aliphatic heterocycles. The molecule has 3 rings (SSSR count). The fourth-order valence-corrected chi connectivity index (χ4v) is 2.47. The molecule has 3 aromatic rings. The van der Waals surface area contributed by atoms with E-state index in [9.17, 15) is 4.39 Å². The Hall–Kier alpha value is -3.15. The average molecular weight is 338 g/mol. The first-order valence-corrected chi connectivity index (χ1v) is 7.88. The first-order valence-electron chi connectivity index (χ1n) is 7.88. The third kappa shape index (κ3) is 4.44. The van der Waals surface area contributed by atoms with E-state index in [0.717, 1.165) is 11.3 Å². The van der Waals surface area contributed by atoms with Crippen LogP contribution in [0.15, 0.2) is 54.6 Å². The third-order valence-corrected chi connectivity index (χ3v) is 3.59. The van der Waals surface area contributed by atoms with Crippen molar-refractivity contribution in [3.05, 3.63) is 71.8 Å². The van der Waals surface area contributed by atoms with Crippen LogP contribution < -0.4 is 15.4 Å². The fourth-order valence-electron chi connectivity index (χ4n) is 2.47. The summed E-state index contributed by atoms with van der Waals surface area (Å²) in [5, 5.41) is 6.36. The van der Waals surface area contributed by atoms with Crippen LogP contribution >= 0.6 is 0 Å². The number of benzene rings is 2. The second-order valence-corrected chi connectivity index (χ2v) is 5.49. The molecule has 0 atom stereocenters. The lowest BCUT2D eigenvalue weighted by Gasteiger charge is -2.12. The molecule has 0 saturated carbocycles. The van der Waals surface area contributed by atoms with Crippen molar-refractivity contribution in [3.63, 3.8) is 0 Å². The molecular formula is C19H19FN4O. The van der Waals surface area contributed by atoms with Crippen LogP contribution in [0.1, 0.15) is 11.4 Å². The van der Waals surface area contributed by atoms with Gasteiger partial charge in [0.2, 0.25) is 0 Å². The molecule has 25 heavy (non-hydrogen) atoms. The summed E-state index contributed by atoms with van der Waals surface area (Å²) in [6.07, 6.45) is 0. The van der Waals surface area contributed by atoms with E-state index in [1.807, 2.05) is 31.2 Å². The van der Waals surface area contributed by atoms with Crippen LogP contribution in [-0.4, -0.2) is 17.1 Å². The molecule has 5 nitrogen and oxygen atoms in total. The van der Waals surface area contributed by atoms with E-state index < -0.39 is 0 Å². The van der Waals surface area contributed by atoms with Gasteiger partial charge in [0, 0.05) is 23.9 Å². The summed E-state index contributed by atoms with van der Waals surface area (Å²) in [5.74, 6) is 2.41. The number of nitrogens with zero attached hydrogens (tertiary/aromatic N) is 2. The summed E-state index contributed by atoms with van der Waals surface area (Å²) in [6.45, 7) is 2.38. The quantitative estimate of drug-likeness (QED) is 0.702. The summed E-state index contributed by atoms with van der Waals surface area (Å²) < 4.78 is 18.7. The Labute approximate surface area is 145 Å². The predicted molar refractivity (Wildman–Crippen MR) is 96.8 cm³/mol. The predicted octanol–water partition coefficient (Wildman–Crippen LogP) is 4.29. The van der Waals surface area contributed by atoms with Gasteiger partial charge in [0.15, 0.2) is 0 Å². The highest BCUT2D eigenvalue weighted by Crippen LogP contribution is 2.21. The van der Waals surface area contributed by atoms with Crippen LogP contribution in [0.25, 0.3) is 0 Å². The number of ether oxygens (including phenoxy) is 1. The minimum atomic E-state index is -0.301. The van der Waals surface area contributed by atoms with Crippen molar-refractivity contribution in [2.45, 2.75) is 13.5 Å². The Morgan fingerprint density at radius 3 is 2.60 bits per heavy atom. The van der Waals surface area contributed by atoms with Crippen molar-refractivity contribution in [2.75, 3.05) is 17.7 Å². The second kappa shape index (κ2) is 7.61. The van der Waals surface area contributed by atoms with E-state index in [2.05, 4.69) is 20.6 Å². The lowest BCUT2D eigenvalue weighted by Crippen LogP contribution is -2.06. The van der Waals surface area contributed by atoms with E-state index in [1.54, 1.807) is 25.3 Å². The van der Waals surface area contributed by atoms with Gasteiger partial charge in [-0.05, 0) is 31.2 Å². The SMILES string of the molecule is COc1ccccc1CNc1cc(Nc2cccc(F)c2)nc(C)n1. The molecule has 0 spiro atoms. The molecule has 6 heteroatoms. The van der Waals surface area contributed by atoms with Crippen molar-refractivity contribution in [2.24, 2.45) is 0 Å². The van der Waals surface area contributed by atoms with Crippen molar-refractivity contribution in [1.29, 1.82) is 0 Å². The lowest BCUT2D eigenvalue weighted by atomic mass is 10.2. The molecule has 0 aliphatic carbocycles. The maximum absolute atomic E-state index is 13.3. The zero-order valence-corrected chi connectivity index (χ0v) is 14.1. The Balaban J connectivity index is 1.75. The number of para-hydroxylation sites is 1. The molecule has 1 heterocycles. The minimum Gasteiger partial charge on any atom is -0.496 e. The molecule has 1 aromatic heterocycles. The maximum atomic E-state index is 13.3. The van der Waals surface area contributed by atoms with Crippen LogP contribution in [-0.2, 0) is 6.54 Å². The standard InChI is InChI=1S/C19H19FN4O/c1-13-22-18(21-12-14-6-3-4-9-17(14)25-2)11-19(23-13)24-16-8-5-7-15(20)10-16/h3-11H,12H2,1-2H3,(H2,21,22,23,24). The highest BCUT2D eigenvalue weighted by Gasteiger charge is 2.05. The summed E-state index contributed by atoms with van der Waals surface area (Å²) in [4.78, 5) is 8.72. The molecule has 0 saturated heterocycles. The summed E-state index contributed by atoms with van der Waals surface area (Å²) in [6, 6.07) is 15.8. The van der Waals surface area contributed by atoms with Crippen LogP contribution in [0.3, 0.4) is 0 Å². The molecule has 0 aliphatic rings. The second-order valence-electron chi connectivity index (χ2n) is 5.49. The van der Waals surface area contributed by atoms with E-state index in [0.29, 0.717) is 29.7 Å². The zero-order valence-electron chi connectivity index (χ0n) is 14.1. The Morgan fingerprint density at radius 2 is 1.80 bits per heavy atom. The number of anilines is 3. The average Bonchev–Trinajstić information content (AvgIpc) is 2.60. The fraction of sp³-hybridized carbons (Fsp3) is 0.158. The third-order valence-electron chi connectivity index (χ3n) is 3.59. The highest BCUT2D eigenvalue weighted by atomic mass is 19.1. The van der Waals surface area contributed by atoms with Gasteiger partial charge in [-0.1, -0.05) is 24.3 Å². The largest absolute Gasteiger partial charge is 0.496 e. The van der Waals surface area contributed by atoms with Gasteiger partial charge in [-0.3, -0.25) is 0 Å². The molecule has 128 valence electrons. The van der Waals surface area contributed by atoms with E-state index in [1.165, 1.54) is 12.1 Å². The van der Waals surface area contributed by atoms with Crippen LogP contribution in [0.5, 0.6) is 5.75 Å². The molecule has 0 unspecified atom stereocenters. The Kier molecular flexibility index (Phi) is 5.09. The smallest absolute Gasteiger partial charge is 0.136 e. The van der Waals surface area contributed by atoms with Crippen LogP contribution in [0.4, 0.5) is 21.7 Å². The maximum Gasteiger partial charge on any atom is 0.136 e. The normalized spacial score (nSPS) is 10.4. The van der Waals surface area contributed by atoms with Gasteiger partial charge in [-0.15, -0.1) is 0 Å². The van der Waals surface area contributed by atoms with Crippen molar-refractivity contribution < 1.29 is 9.13 Å². The molecule has 0 amide bonds.